The molecule has 20 aromatic carbocycles. The van der Waals surface area contributed by atoms with Crippen molar-refractivity contribution >= 4 is 55.7 Å². The van der Waals surface area contributed by atoms with Gasteiger partial charge in [-0.2, -0.15) is 0 Å². The summed E-state index contributed by atoms with van der Waals surface area (Å²) in [5.41, 5.74) is 47.8. The molecule has 0 N–H and O–H groups in total. The normalized spacial score (nSPS) is 13.9. The van der Waals surface area contributed by atoms with Crippen molar-refractivity contribution in [2.45, 2.75) is 77.0 Å². The predicted molar refractivity (Wildman–Crippen MR) is 550 cm³/mol. The Hall–Kier alpha value is -15.5. The predicted octanol–water partition coefficient (Wildman–Crippen LogP) is 35.2. The van der Waals surface area contributed by atoms with Crippen LogP contribution in [0.4, 0.5) is 34.1 Å². The van der Waals surface area contributed by atoms with Crippen LogP contribution in [0.15, 0.2) is 437 Å². The monoisotopic (exact) mass is 1660 g/mol. The third-order valence-electron chi connectivity index (χ3n) is 29.5. The molecule has 2 heteroatoms. The second-order valence-corrected chi connectivity index (χ2v) is 38.3. The van der Waals surface area contributed by atoms with Crippen molar-refractivity contribution in [1.82, 2.24) is 0 Å². The van der Waals surface area contributed by atoms with Gasteiger partial charge in [-0.1, -0.05) is 377 Å². The first kappa shape index (κ1) is 78.0. The van der Waals surface area contributed by atoms with Gasteiger partial charge in [-0.05, 0) is 315 Å². The number of hydrogen-bond acceptors (Lipinski definition) is 2. The van der Waals surface area contributed by atoms with Crippen molar-refractivity contribution in [2.75, 3.05) is 9.80 Å². The van der Waals surface area contributed by atoms with Crippen LogP contribution in [0.3, 0.4) is 0 Å². The van der Waals surface area contributed by atoms with Gasteiger partial charge < -0.3 is 9.80 Å². The van der Waals surface area contributed by atoms with Gasteiger partial charge in [0, 0.05) is 55.5 Å². The summed E-state index contributed by atoms with van der Waals surface area (Å²) in [4.78, 5) is 5.07. The topological polar surface area (TPSA) is 6.48 Å². The van der Waals surface area contributed by atoms with E-state index in [9.17, 15) is 0 Å². The molecule has 0 saturated carbocycles. The average molecular weight is 1660 g/mol. The quantitative estimate of drug-likeness (QED) is 0.101. The van der Waals surface area contributed by atoms with Crippen LogP contribution in [-0.4, -0.2) is 0 Å². The molecule has 0 heterocycles. The summed E-state index contributed by atoms with van der Waals surface area (Å²) in [5.74, 6) is 0. The smallest absolute Gasteiger partial charge is 0.0540 e. The zero-order valence-corrected chi connectivity index (χ0v) is 74.5. The van der Waals surface area contributed by atoms with Crippen LogP contribution in [-0.2, 0) is 21.7 Å². The third-order valence-corrected chi connectivity index (χ3v) is 29.5. The molecule has 0 fully saturated rings. The van der Waals surface area contributed by atoms with Crippen molar-refractivity contribution in [3.63, 3.8) is 0 Å². The Labute approximate surface area is 763 Å². The average Bonchev–Trinajstić information content (AvgIpc) is 1.57. The molecular weight excluding hydrogens is 1570 g/mol. The first-order valence-electron chi connectivity index (χ1n) is 45.9. The van der Waals surface area contributed by atoms with Crippen LogP contribution >= 0.6 is 0 Å². The molecule has 0 radical (unpaired) electrons. The van der Waals surface area contributed by atoms with Gasteiger partial charge in [-0.3, -0.25) is 0 Å². The summed E-state index contributed by atoms with van der Waals surface area (Å²) < 4.78 is 0. The highest BCUT2D eigenvalue weighted by atomic mass is 15.2. The lowest BCUT2D eigenvalue weighted by atomic mass is 9.81. The van der Waals surface area contributed by atoms with Gasteiger partial charge in [0.1, 0.15) is 0 Å². The largest absolute Gasteiger partial charge is 0.310 e. The molecule has 0 aliphatic heterocycles. The van der Waals surface area contributed by atoms with E-state index < -0.39 is 0 Å². The molecule has 20 aromatic rings. The van der Waals surface area contributed by atoms with E-state index in [4.69, 9.17) is 0 Å². The zero-order valence-electron chi connectivity index (χ0n) is 74.5. The van der Waals surface area contributed by atoms with E-state index in [2.05, 4.69) is 502 Å². The molecule has 0 amide bonds. The second kappa shape index (κ2) is 30.1. The number of nitrogens with zero attached hydrogens (tertiary/aromatic N) is 2. The van der Waals surface area contributed by atoms with Crippen LogP contribution in [0.25, 0.3) is 166 Å². The van der Waals surface area contributed by atoms with Crippen LogP contribution < -0.4 is 9.80 Å². The molecule has 0 unspecified atom stereocenters. The van der Waals surface area contributed by atoms with Gasteiger partial charge in [0.15, 0.2) is 0 Å². The molecule has 4 aliphatic carbocycles. The Morgan fingerprint density at radius 3 is 0.877 bits per heavy atom. The van der Waals surface area contributed by atoms with Crippen LogP contribution in [0.5, 0.6) is 0 Å². The lowest BCUT2D eigenvalue weighted by Gasteiger charge is -2.31. The molecular formula is C128H96N2. The second-order valence-electron chi connectivity index (χ2n) is 38.3. The molecule has 618 valence electrons. The molecule has 130 heavy (non-hydrogen) atoms. The maximum Gasteiger partial charge on any atom is 0.0540 e. The minimum Gasteiger partial charge on any atom is -0.310 e. The van der Waals surface area contributed by atoms with Crippen molar-refractivity contribution < 1.29 is 0 Å². The minimum atomic E-state index is -0.366. The fraction of sp³-hybridized carbons (Fsp3) is 0.0938. The third kappa shape index (κ3) is 12.8. The molecule has 2 nitrogen and oxygen atoms in total. The van der Waals surface area contributed by atoms with Gasteiger partial charge in [0.05, 0.1) is 11.4 Å². The Kier molecular flexibility index (Phi) is 18.1. The fourth-order valence-electron chi connectivity index (χ4n) is 22.3. The summed E-state index contributed by atoms with van der Waals surface area (Å²) in [6, 6.07) is 165. The SMILES string of the molecule is CC1(C)c2ccccc2-c2ccc(-c3ccc(N(c4ccc5c(c4)C(C)(C)c4cc(-c6ccc7ccccc7c6)ccc4-5)c4ccc(-c5cccc(-c6ccc7c(c6)C(C)(C)c6cc(N(c8ccc9c(c8)C(C)(C)c8cc(-c%10ccc%11ccccc%11c%10)ccc8-9)c8ccccc8-c8ccc(-c9ccccc9)cc8)ccc6-7)c5)cc4-c4cccc(-c5ccccc5)c4)cc3)cc21. The summed E-state index contributed by atoms with van der Waals surface area (Å²) in [6.07, 6.45) is 0. The fourth-order valence-corrected chi connectivity index (χ4v) is 22.3. The lowest BCUT2D eigenvalue weighted by Crippen LogP contribution is -2.18. The Morgan fingerprint density at radius 2 is 0.392 bits per heavy atom. The van der Waals surface area contributed by atoms with Crippen molar-refractivity contribution in [3.05, 3.63) is 481 Å². The zero-order chi connectivity index (χ0) is 87.5. The number of benzene rings is 20. The Bertz CT molecular complexity index is 8010. The highest BCUT2D eigenvalue weighted by molar-refractivity contribution is 5.99. The van der Waals surface area contributed by atoms with Crippen LogP contribution in [0.2, 0.25) is 0 Å². The summed E-state index contributed by atoms with van der Waals surface area (Å²) in [5, 5.41) is 5.00. The van der Waals surface area contributed by atoms with Gasteiger partial charge in [-0.25, -0.2) is 0 Å². The van der Waals surface area contributed by atoms with E-state index in [1.165, 1.54) is 172 Å². The highest BCUT2D eigenvalue weighted by Crippen LogP contribution is 2.59. The van der Waals surface area contributed by atoms with Crippen LogP contribution in [0, 0.1) is 0 Å². The maximum atomic E-state index is 2.54. The number of fused-ring (bicyclic) bond motifs is 14. The first-order chi connectivity index (χ1) is 63.4. The first-order valence-corrected chi connectivity index (χ1v) is 45.9. The van der Waals surface area contributed by atoms with Gasteiger partial charge in [-0.15, -0.1) is 0 Å². The highest BCUT2D eigenvalue weighted by Gasteiger charge is 2.42. The lowest BCUT2D eigenvalue weighted by molar-refractivity contribution is 0.660. The van der Waals surface area contributed by atoms with Crippen LogP contribution in [0.1, 0.15) is 99.9 Å². The van der Waals surface area contributed by atoms with E-state index in [1.807, 2.05) is 0 Å². The van der Waals surface area contributed by atoms with Gasteiger partial charge in [0.25, 0.3) is 0 Å². The van der Waals surface area contributed by atoms with Gasteiger partial charge >= 0.3 is 0 Å². The number of rotatable bonds is 15. The van der Waals surface area contributed by atoms with E-state index in [1.54, 1.807) is 0 Å². The van der Waals surface area contributed by atoms with E-state index in [-0.39, 0.29) is 21.7 Å². The Balaban J connectivity index is 0.602. The van der Waals surface area contributed by atoms with Gasteiger partial charge in [0.2, 0.25) is 0 Å². The molecule has 0 atom stereocenters. The summed E-state index contributed by atoms with van der Waals surface area (Å²) >= 11 is 0. The number of anilines is 6. The Morgan fingerprint density at radius 1 is 0.131 bits per heavy atom. The maximum absolute atomic E-state index is 2.54. The van der Waals surface area contributed by atoms with Crippen molar-refractivity contribution in [2.24, 2.45) is 0 Å². The van der Waals surface area contributed by atoms with Crippen molar-refractivity contribution in [1.29, 1.82) is 0 Å². The van der Waals surface area contributed by atoms with E-state index >= 15 is 0 Å². The summed E-state index contributed by atoms with van der Waals surface area (Å²) in [7, 11) is 0. The molecule has 0 saturated heterocycles. The number of hydrogen-bond donors (Lipinski definition) is 0. The molecule has 0 bridgehead atoms. The van der Waals surface area contributed by atoms with E-state index in [0.717, 1.165) is 73.1 Å². The molecule has 0 aromatic heterocycles. The number of para-hydroxylation sites is 1. The molecule has 4 aliphatic rings. The molecule has 0 spiro atoms. The van der Waals surface area contributed by atoms with E-state index in [0.29, 0.717) is 0 Å². The minimum absolute atomic E-state index is 0.123. The summed E-state index contributed by atoms with van der Waals surface area (Å²) in [6.45, 7) is 19.3. The molecule has 24 rings (SSSR count). The van der Waals surface area contributed by atoms with Crippen molar-refractivity contribution in [3.8, 4) is 145 Å². The standard InChI is InChI=1S/C128H96N2/c1-125(2)115-39-21-19-38-106(115)107-61-51-96(74-116(107)125)86-49-56-101(57-50-86)129(102-58-65-111-109-63-53-98(76-118(109)127(5,6)120(111)78-102)93-47-43-83-29-15-17-31-88(83)69-93)124-68-55-95(73-114(124)100-36-24-33-90(72-100)82-27-13-10-14-28-82)91-34-23-35-92(71-91)97-52-62-108-112-66-59-103(79-121(112)126(3,4)117(108)75-97)130(123-40-22-20-37-105(123)87-45-41-85(42-46-87)81-25-11-9-12-26-81)104-60-67-113-110-64-54-99(77-119(110)128(7,8)122(113)80-104)94-48-44-84-30-16-18-32-89(84)70-94/h9-80H,1-8H3.